The summed E-state index contributed by atoms with van der Waals surface area (Å²) in [7, 11) is 2.04. The highest BCUT2D eigenvalue weighted by atomic mass is 35.5. The maximum atomic E-state index is 13.8. The van der Waals surface area contributed by atoms with Crippen molar-refractivity contribution in [1.29, 1.82) is 5.26 Å². The first-order valence-corrected chi connectivity index (χ1v) is 8.07. The van der Waals surface area contributed by atoms with Gasteiger partial charge in [0.1, 0.15) is 29.7 Å². The van der Waals surface area contributed by atoms with Crippen molar-refractivity contribution in [2.75, 3.05) is 25.5 Å². The molecule has 1 N–H and O–H groups in total. The van der Waals surface area contributed by atoms with Gasteiger partial charge in [0.15, 0.2) is 0 Å². The maximum Gasteiger partial charge on any atom is 0.145 e. The Balaban J connectivity index is 1.74. The molecule has 1 fully saturated rings. The Hall–Kier alpha value is -2.23. The second-order valence-electron chi connectivity index (χ2n) is 5.93. The molecule has 0 saturated carbocycles. The quantitative estimate of drug-likeness (QED) is 0.921. The molecular weight excluding hydrogens is 329 g/mol. The number of anilines is 1. The average Bonchev–Trinajstić information content (AvgIpc) is 2.96. The highest BCUT2D eigenvalue weighted by Crippen LogP contribution is 2.37. The van der Waals surface area contributed by atoms with Gasteiger partial charge in [-0.2, -0.15) is 5.26 Å². The first-order chi connectivity index (χ1) is 11.6. The molecule has 0 spiro atoms. The van der Waals surface area contributed by atoms with E-state index in [0.29, 0.717) is 24.0 Å². The number of nitrogens with zero attached hydrogens (tertiary/aromatic N) is 4. The molecule has 1 aliphatic rings. The first kappa shape index (κ1) is 16.6. The predicted octanol–water partition coefficient (Wildman–Crippen LogP) is 3.25. The minimum Gasteiger partial charge on any atom is -0.370 e. The number of hydrogen-bond donors (Lipinski definition) is 1. The van der Waals surface area contributed by atoms with Gasteiger partial charge in [0.05, 0.1) is 5.02 Å². The fourth-order valence-corrected chi connectivity index (χ4v) is 3.33. The molecule has 1 saturated heterocycles. The van der Waals surface area contributed by atoms with Gasteiger partial charge < -0.3 is 5.32 Å². The number of halogens is 2. The Morgan fingerprint density at radius 1 is 1.42 bits per heavy atom. The third-order valence-corrected chi connectivity index (χ3v) is 4.69. The zero-order valence-corrected chi connectivity index (χ0v) is 14.0. The van der Waals surface area contributed by atoms with E-state index in [1.54, 1.807) is 12.1 Å². The molecule has 124 valence electrons. The van der Waals surface area contributed by atoms with Crippen molar-refractivity contribution < 1.29 is 4.39 Å². The molecule has 0 amide bonds. The summed E-state index contributed by atoms with van der Waals surface area (Å²) in [6, 6.07) is 8.72. The molecule has 1 aromatic heterocycles. The molecule has 0 radical (unpaired) electrons. The molecule has 2 atom stereocenters. The van der Waals surface area contributed by atoms with E-state index in [4.69, 9.17) is 16.9 Å². The molecule has 2 heterocycles. The zero-order valence-electron chi connectivity index (χ0n) is 13.2. The number of likely N-dealkylation sites (tertiary alicyclic amines) is 1. The van der Waals surface area contributed by atoms with Crippen LogP contribution in [0.2, 0.25) is 5.02 Å². The molecule has 1 aliphatic heterocycles. The molecular formula is C17H17ClFN5. The maximum absolute atomic E-state index is 13.8. The topological polar surface area (TPSA) is 64.8 Å². The van der Waals surface area contributed by atoms with Crippen LogP contribution in [0.1, 0.15) is 23.7 Å². The largest absolute Gasteiger partial charge is 0.370 e. The first-order valence-electron chi connectivity index (χ1n) is 7.69. The fourth-order valence-electron chi connectivity index (χ4n) is 3.21. The number of aromatic nitrogens is 2. The van der Waals surface area contributed by atoms with Crippen LogP contribution in [0.3, 0.4) is 0 Å². The smallest absolute Gasteiger partial charge is 0.145 e. The second-order valence-corrected chi connectivity index (χ2v) is 6.34. The number of benzene rings is 1. The van der Waals surface area contributed by atoms with Gasteiger partial charge in [-0.1, -0.05) is 17.7 Å². The molecule has 5 nitrogen and oxygen atoms in total. The van der Waals surface area contributed by atoms with Crippen LogP contribution in [-0.2, 0) is 0 Å². The van der Waals surface area contributed by atoms with Crippen LogP contribution < -0.4 is 5.32 Å². The number of nitrogens with one attached hydrogen (secondary N) is 1. The fraction of sp³-hybridized carbons (Fsp3) is 0.353. The average molecular weight is 346 g/mol. The minimum absolute atomic E-state index is 0.113. The molecule has 3 rings (SSSR count). The van der Waals surface area contributed by atoms with Crippen molar-refractivity contribution in [3.8, 4) is 6.07 Å². The summed E-state index contributed by atoms with van der Waals surface area (Å²) in [4.78, 5) is 10.2. The van der Waals surface area contributed by atoms with E-state index in [1.165, 1.54) is 12.4 Å². The van der Waals surface area contributed by atoms with E-state index in [0.717, 1.165) is 18.5 Å². The van der Waals surface area contributed by atoms with Gasteiger partial charge in [-0.25, -0.2) is 14.4 Å². The lowest BCUT2D eigenvalue weighted by Crippen LogP contribution is -2.25. The van der Waals surface area contributed by atoms with Gasteiger partial charge in [0.2, 0.25) is 0 Å². The van der Waals surface area contributed by atoms with Crippen molar-refractivity contribution in [3.63, 3.8) is 0 Å². The van der Waals surface area contributed by atoms with Crippen LogP contribution in [0.25, 0.3) is 0 Å². The van der Waals surface area contributed by atoms with E-state index in [2.05, 4.69) is 20.2 Å². The van der Waals surface area contributed by atoms with Crippen molar-refractivity contribution in [2.24, 2.45) is 5.92 Å². The minimum atomic E-state index is -0.393. The van der Waals surface area contributed by atoms with Gasteiger partial charge >= 0.3 is 0 Å². The summed E-state index contributed by atoms with van der Waals surface area (Å²) in [5, 5.41) is 12.3. The van der Waals surface area contributed by atoms with E-state index in [-0.39, 0.29) is 11.1 Å². The Kier molecular flexibility index (Phi) is 4.93. The standard InChI is InChI=1S/C17H17ClFN5/c1-24-5-4-12(9-21-16-7-13(8-20)22-10-23-16)17(24)11-2-3-14(18)15(19)6-11/h2-3,6-7,10,12,17H,4-5,9H2,1H3,(H,21,22,23)/t12-,17-/m0/s1. The Morgan fingerprint density at radius 2 is 2.25 bits per heavy atom. The summed E-state index contributed by atoms with van der Waals surface area (Å²) in [5.41, 5.74) is 1.25. The van der Waals surface area contributed by atoms with E-state index in [1.807, 2.05) is 19.2 Å². The van der Waals surface area contributed by atoms with Gasteiger partial charge in [0.25, 0.3) is 0 Å². The lowest BCUT2D eigenvalue weighted by molar-refractivity contribution is 0.281. The highest BCUT2D eigenvalue weighted by molar-refractivity contribution is 6.30. The Morgan fingerprint density at radius 3 is 3.00 bits per heavy atom. The predicted molar refractivity (Wildman–Crippen MR) is 90.1 cm³/mol. The van der Waals surface area contributed by atoms with Gasteiger partial charge in [-0.3, -0.25) is 4.90 Å². The second kappa shape index (κ2) is 7.12. The highest BCUT2D eigenvalue weighted by Gasteiger charge is 2.33. The lowest BCUT2D eigenvalue weighted by atomic mass is 9.93. The summed E-state index contributed by atoms with van der Waals surface area (Å²) >= 11 is 5.79. The summed E-state index contributed by atoms with van der Waals surface area (Å²) in [6.07, 6.45) is 2.36. The summed E-state index contributed by atoms with van der Waals surface area (Å²) in [5.74, 6) is 0.531. The van der Waals surface area contributed by atoms with Crippen LogP contribution in [0.4, 0.5) is 10.2 Å². The van der Waals surface area contributed by atoms with Gasteiger partial charge in [0, 0.05) is 18.7 Å². The SMILES string of the molecule is CN1CC[C@@H](CNc2cc(C#N)ncn2)[C@@H]1c1ccc(Cl)c(F)c1. The number of nitriles is 1. The Labute approximate surface area is 145 Å². The van der Waals surface area contributed by atoms with Crippen LogP contribution in [0.15, 0.2) is 30.6 Å². The Bertz CT molecular complexity index is 776. The zero-order chi connectivity index (χ0) is 17.1. The summed E-state index contributed by atoms with van der Waals surface area (Å²) in [6.45, 7) is 1.62. The van der Waals surface area contributed by atoms with Crippen LogP contribution in [0.5, 0.6) is 0 Å². The van der Waals surface area contributed by atoms with E-state index < -0.39 is 5.82 Å². The van der Waals surface area contributed by atoms with E-state index >= 15 is 0 Å². The molecule has 1 aromatic carbocycles. The van der Waals surface area contributed by atoms with Crippen LogP contribution in [-0.4, -0.2) is 35.0 Å². The van der Waals surface area contributed by atoms with E-state index in [9.17, 15) is 4.39 Å². The van der Waals surface area contributed by atoms with Gasteiger partial charge in [-0.15, -0.1) is 0 Å². The van der Waals surface area contributed by atoms with Crippen molar-refractivity contribution in [2.45, 2.75) is 12.5 Å². The van der Waals surface area contributed by atoms with Crippen molar-refractivity contribution >= 4 is 17.4 Å². The molecule has 7 heteroatoms. The third kappa shape index (κ3) is 3.48. The van der Waals surface area contributed by atoms with Crippen molar-refractivity contribution in [3.05, 3.63) is 52.7 Å². The van der Waals surface area contributed by atoms with Crippen molar-refractivity contribution in [1.82, 2.24) is 14.9 Å². The summed E-state index contributed by atoms with van der Waals surface area (Å²) < 4.78 is 13.8. The lowest BCUT2D eigenvalue weighted by Gasteiger charge is -2.26. The molecule has 24 heavy (non-hydrogen) atoms. The normalized spacial score (nSPS) is 20.8. The number of rotatable bonds is 4. The molecule has 0 bridgehead atoms. The van der Waals surface area contributed by atoms with Crippen LogP contribution >= 0.6 is 11.6 Å². The monoisotopic (exact) mass is 345 g/mol. The molecule has 0 aliphatic carbocycles. The van der Waals surface area contributed by atoms with Gasteiger partial charge in [-0.05, 0) is 43.6 Å². The molecule has 0 unspecified atom stereocenters. The van der Waals surface area contributed by atoms with Crippen LogP contribution in [0, 0.1) is 23.1 Å². The third-order valence-electron chi connectivity index (χ3n) is 4.39. The molecule has 2 aromatic rings. The number of hydrogen-bond acceptors (Lipinski definition) is 5.